The van der Waals surface area contributed by atoms with E-state index < -0.39 is 6.04 Å². The first-order valence-electron chi connectivity index (χ1n) is 12.8. The molecule has 3 heterocycles. The number of amides is 3. The molecule has 1 aliphatic carbocycles. The number of carbonyl (C=O) groups excluding carboxylic acids is 3. The van der Waals surface area contributed by atoms with Gasteiger partial charge in [0.15, 0.2) is 0 Å². The van der Waals surface area contributed by atoms with Gasteiger partial charge in [-0.05, 0) is 69.8 Å². The largest absolute Gasteiger partial charge is 0.490 e. The van der Waals surface area contributed by atoms with E-state index in [1.165, 1.54) is 19.4 Å². The van der Waals surface area contributed by atoms with Crippen molar-refractivity contribution in [3.63, 3.8) is 0 Å². The molecule has 2 N–H and O–H groups in total. The Hall–Kier alpha value is -2.45. The first kappa shape index (κ1) is 23.3. The monoisotopic (exact) mass is 468 g/mol. The van der Waals surface area contributed by atoms with Crippen LogP contribution in [0.2, 0.25) is 0 Å². The summed E-state index contributed by atoms with van der Waals surface area (Å²) in [5.41, 5.74) is 1.51. The van der Waals surface area contributed by atoms with Crippen molar-refractivity contribution in [3.05, 3.63) is 29.3 Å². The van der Waals surface area contributed by atoms with Gasteiger partial charge in [0.2, 0.25) is 11.8 Å². The minimum Gasteiger partial charge on any atom is -0.490 e. The molecule has 1 aromatic rings. The maximum Gasteiger partial charge on any atom is 0.255 e. The molecule has 3 amide bonds. The molecule has 4 aliphatic rings. The van der Waals surface area contributed by atoms with Crippen molar-refractivity contribution in [1.29, 1.82) is 0 Å². The molecule has 2 saturated heterocycles. The molecule has 0 bridgehead atoms. The summed E-state index contributed by atoms with van der Waals surface area (Å²) < 4.78 is 6.26. The molecule has 0 spiro atoms. The predicted octanol–water partition coefficient (Wildman–Crippen LogP) is 2.07. The average Bonchev–Trinajstić information content (AvgIpc) is 3.11. The molecule has 0 aromatic heterocycles. The molecular weight excluding hydrogens is 432 g/mol. The Morgan fingerprint density at radius 2 is 1.88 bits per heavy atom. The van der Waals surface area contributed by atoms with Crippen molar-refractivity contribution in [2.24, 2.45) is 5.92 Å². The van der Waals surface area contributed by atoms with Crippen molar-refractivity contribution < 1.29 is 19.1 Å². The zero-order valence-corrected chi connectivity index (χ0v) is 20.2. The van der Waals surface area contributed by atoms with Crippen LogP contribution in [0.15, 0.2) is 18.2 Å². The maximum absolute atomic E-state index is 13.0. The Morgan fingerprint density at radius 1 is 1.12 bits per heavy atom. The summed E-state index contributed by atoms with van der Waals surface area (Å²) in [7, 11) is 0. The lowest BCUT2D eigenvalue weighted by Gasteiger charge is -2.46. The van der Waals surface area contributed by atoms with Gasteiger partial charge in [-0.2, -0.15) is 0 Å². The molecule has 8 heteroatoms. The molecule has 1 unspecified atom stereocenters. The van der Waals surface area contributed by atoms with Crippen LogP contribution in [-0.4, -0.2) is 71.4 Å². The second-order valence-electron chi connectivity index (χ2n) is 10.6. The van der Waals surface area contributed by atoms with Crippen LogP contribution in [0, 0.1) is 5.92 Å². The number of hydrogen-bond acceptors (Lipinski definition) is 6. The van der Waals surface area contributed by atoms with E-state index in [0.29, 0.717) is 30.6 Å². The highest BCUT2D eigenvalue weighted by molar-refractivity contribution is 6.05. The summed E-state index contributed by atoms with van der Waals surface area (Å²) in [4.78, 5) is 41.0. The van der Waals surface area contributed by atoms with Crippen molar-refractivity contribution in [2.45, 2.75) is 83.1 Å². The van der Waals surface area contributed by atoms with E-state index in [-0.39, 0.29) is 30.2 Å². The standard InChI is InChI=1S/C26H36N4O4/c1-16(2)29(14-17-7-9-27-10-8-17)19-11-21(12-19)34-20-4-3-18-15-30(26(33)22(18)13-20)23-5-6-24(31)28-25(23)32/h3-4,13,16-17,19,21,23,27H,5-12,14-15H2,1-2H3,(H,28,31,32). The number of nitrogens with zero attached hydrogens (tertiary/aromatic N) is 2. The fraction of sp³-hybridized carbons (Fsp3) is 0.654. The molecular formula is C26H36N4O4. The molecule has 8 nitrogen and oxygen atoms in total. The van der Waals surface area contributed by atoms with Gasteiger partial charge in [-0.3, -0.25) is 24.6 Å². The van der Waals surface area contributed by atoms with E-state index >= 15 is 0 Å². The molecule has 1 saturated carbocycles. The van der Waals surface area contributed by atoms with E-state index in [9.17, 15) is 14.4 Å². The highest BCUT2D eigenvalue weighted by Gasteiger charge is 2.40. The Kier molecular flexibility index (Phi) is 6.62. The van der Waals surface area contributed by atoms with Crippen LogP contribution in [0.1, 0.15) is 68.3 Å². The minimum atomic E-state index is -0.587. The predicted molar refractivity (Wildman–Crippen MR) is 127 cm³/mol. The van der Waals surface area contributed by atoms with Crippen LogP contribution in [0.5, 0.6) is 5.75 Å². The molecule has 184 valence electrons. The Bertz CT molecular complexity index is 952. The minimum absolute atomic E-state index is 0.158. The maximum atomic E-state index is 13.0. The average molecular weight is 469 g/mol. The van der Waals surface area contributed by atoms with Gasteiger partial charge in [0, 0.05) is 50.0 Å². The third-order valence-electron chi connectivity index (χ3n) is 7.93. The first-order chi connectivity index (χ1) is 16.4. The number of rotatable bonds is 7. The lowest BCUT2D eigenvalue weighted by Crippen LogP contribution is -2.53. The van der Waals surface area contributed by atoms with Crippen molar-refractivity contribution >= 4 is 17.7 Å². The smallest absolute Gasteiger partial charge is 0.255 e. The van der Waals surface area contributed by atoms with Crippen LogP contribution < -0.4 is 15.4 Å². The molecule has 1 aromatic carbocycles. The zero-order chi connectivity index (χ0) is 23.8. The summed E-state index contributed by atoms with van der Waals surface area (Å²) in [5.74, 6) is 0.684. The number of fused-ring (bicyclic) bond motifs is 1. The second-order valence-corrected chi connectivity index (χ2v) is 10.6. The molecule has 0 radical (unpaired) electrons. The van der Waals surface area contributed by atoms with Gasteiger partial charge in [-0.1, -0.05) is 6.07 Å². The van der Waals surface area contributed by atoms with E-state index in [0.717, 1.165) is 43.2 Å². The van der Waals surface area contributed by atoms with E-state index in [2.05, 4.69) is 29.4 Å². The van der Waals surface area contributed by atoms with Crippen LogP contribution in [-0.2, 0) is 16.1 Å². The van der Waals surface area contributed by atoms with Gasteiger partial charge < -0.3 is 15.0 Å². The summed E-state index contributed by atoms with van der Waals surface area (Å²) in [5, 5.41) is 5.81. The number of benzene rings is 1. The first-order valence-corrected chi connectivity index (χ1v) is 12.8. The number of ether oxygens (including phenoxy) is 1. The third-order valence-corrected chi connectivity index (χ3v) is 7.93. The summed E-state index contributed by atoms with van der Waals surface area (Å²) in [6.07, 6.45) is 5.34. The van der Waals surface area contributed by atoms with Gasteiger partial charge in [-0.15, -0.1) is 0 Å². The van der Waals surface area contributed by atoms with E-state index in [4.69, 9.17) is 4.74 Å². The number of carbonyl (C=O) groups is 3. The molecule has 5 rings (SSSR count). The summed E-state index contributed by atoms with van der Waals surface area (Å²) in [6, 6.07) is 6.18. The van der Waals surface area contributed by atoms with E-state index in [1.807, 2.05) is 18.2 Å². The Balaban J connectivity index is 1.17. The van der Waals surface area contributed by atoms with Crippen LogP contribution in [0.3, 0.4) is 0 Å². The van der Waals surface area contributed by atoms with Crippen LogP contribution >= 0.6 is 0 Å². The number of piperidine rings is 2. The SMILES string of the molecule is CC(C)N(CC1CCNCC1)C1CC(Oc2ccc3c(c2)C(=O)N(C2CCC(=O)NC2=O)C3)C1. The van der Waals surface area contributed by atoms with Crippen molar-refractivity contribution in [2.75, 3.05) is 19.6 Å². The second kappa shape index (κ2) is 9.66. The fourth-order valence-corrected chi connectivity index (χ4v) is 5.85. The quantitative estimate of drug-likeness (QED) is 0.596. The molecule has 1 atom stereocenters. The summed E-state index contributed by atoms with van der Waals surface area (Å²) >= 11 is 0. The fourth-order valence-electron chi connectivity index (χ4n) is 5.85. The molecule has 3 aliphatic heterocycles. The molecule has 34 heavy (non-hydrogen) atoms. The van der Waals surface area contributed by atoms with E-state index in [1.54, 1.807) is 4.90 Å². The summed E-state index contributed by atoms with van der Waals surface area (Å²) in [6.45, 7) is 8.40. The van der Waals surface area contributed by atoms with Crippen LogP contribution in [0.25, 0.3) is 0 Å². The van der Waals surface area contributed by atoms with Gasteiger partial charge in [0.05, 0.1) is 0 Å². The normalized spacial score (nSPS) is 27.7. The van der Waals surface area contributed by atoms with Gasteiger partial charge in [0.1, 0.15) is 17.9 Å². The van der Waals surface area contributed by atoms with Gasteiger partial charge >= 0.3 is 0 Å². The zero-order valence-electron chi connectivity index (χ0n) is 20.2. The Labute approximate surface area is 201 Å². The van der Waals surface area contributed by atoms with Crippen molar-refractivity contribution in [3.8, 4) is 5.75 Å². The Morgan fingerprint density at radius 3 is 2.59 bits per heavy atom. The van der Waals surface area contributed by atoms with Gasteiger partial charge in [-0.25, -0.2) is 0 Å². The molecule has 3 fully saturated rings. The number of imide groups is 1. The topological polar surface area (TPSA) is 91.0 Å². The highest BCUT2D eigenvalue weighted by atomic mass is 16.5. The third kappa shape index (κ3) is 4.70. The van der Waals surface area contributed by atoms with Crippen LogP contribution in [0.4, 0.5) is 0 Å². The van der Waals surface area contributed by atoms with Gasteiger partial charge in [0.25, 0.3) is 5.91 Å². The van der Waals surface area contributed by atoms with Crippen molar-refractivity contribution in [1.82, 2.24) is 20.4 Å². The number of hydrogen-bond donors (Lipinski definition) is 2. The lowest BCUT2D eigenvalue weighted by molar-refractivity contribution is -0.136. The number of nitrogens with one attached hydrogen (secondary N) is 2. The highest BCUT2D eigenvalue weighted by Crippen LogP contribution is 2.35. The lowest BCUT2D eigenvalue weighted by atomic mass is 9.85.